The van der Waals surface area contributed by atoms with Crippen LogP contribution in [0.5, 0.6) is 5.75 Å². The molecule has 2 aliphatic heterocycles. The van der Waals surface area contributed by atoms with Crippen molar-refractivity contribution in [2.75, 3.05) is 32.7 Å². The van der Waals surface area contributed by atoms with Gasteiger partial charge in [-0.25, -0.2) is 9.18 Å². The van der Waals surface area contributed by atoms with Gasteiger partial charge in [0.15, 0.2) is 11.6 Å². The maximum Gasteiger partial charge on any atom is 0.410 e. The topological polar surface area (TPSA) is 62.3 Å². The number of hydrogen-bond acceptors (Lipinski definition) is 5. The second-order valence-electron chi connectivity index (χ2n) is 14.7. The van der Waals surface area contributed by atoms with E-state index < -0.39 is 5.60 Å². The molecule has 0 radical (unpaired) electrons. The molecule has 0 aliphatic carbocycles. The summed E-state index contributed by atoms with van der Waals surface area (Å²) in [7, 11) is 0. The molecule has 1 unspecified atom stereocenters. The molecule has 2 amide bonds. The molecule has 0 bridgehead atoms. The van der Waals surface area contributed by atoms with Crippen molar-refractivity contribution in [3.05, 3.63) is 65.5 Å². The Bertz CT molecular complexity index is 1260. The van der Waals surface area contributed by atoms with Crippen LogP contribution in [0.4, 0.5) is 9.18 Å². The number of piperazine rings is 1. The minimum absolute atomic E-state index is 0.00907. The van der Waals surface area contributed by atoms with Gasteiger partial charge in [-0.05, 0) is 82.1 Å². The van der Waals surface area contributed by atoms with Gasteiger partial charge in [0.25, 0.3) is 0 Å². The van der Waals surface area contributed by atoms with Crippen LogP contribution in [0.15, 0.2) is 48.5 Å². The van der Waals surface area contributed by atoms with E-state index in [1.54, 1.807) is 17.0 Å². The Morgan fingerprint density at radius 3 is 2.14 bits per heavy atom. The van der Waals surface area contributed by atoms with Crippen molar-refractivity contribution >= 4 is 12.0 Å². The predicted octanol–water partition coefficient (Wildman–Crippen LogP) is 7.30. The number of hydrogen-bond donors (Lipinski definition) is 0. The molecule has 2 aliphatic rings. The summed E-state index contributed by atoms with van der Waals surface area (Å²) in [5.74, 6) is 0.316. The highest BCUT2D eigenvalue weighted by molar-refractivity contribution is 5.77. The van der Waals surface area contributed by atoms with Gasteiger partial charge in [-0.15, -0.1) is 0 Å². The van der Waals surface area contributed by atoms with Crippen molar-refractivity contribution in [1.82, 2.24) is 14.7 Å². The number of piperidine rings is 1. The number of amides is 2. The number of ether oxygens (including phenoxy) is 2. The molecule has 2 aromatic carbocycles. The molecule has 7 nitrogen and oxygen atoms in total. The maximum atomic E-state index is 15.2. The van der Waals surface area contributed by atoms with Gasteiger partial charge in [-0.3, -0.25) is 9.69 Å². The summed E-state index contributed by atoms with van der Waals surface area (Å²) in [5.41, 5.74) is 1.28. The molecule has 8 heteroatoms. The third-order valence-electron chi connectivity index (χ3n) is 8.58. The second kappa shape index (κ2) is 13.9. The molecule has 2 atom stereocenters. The number of benzene rings is 2. The van der Waals surface area contributed by atoms with Crippen LogP contribution in [0.3, 0.4) is 0 Å². The quantitative estimate of drug-likeness (QED) is 0.330. The fourth-order valence-electron chi connectivity index (χ4n) is 6.37. The Kier molecular flexibility index (Phi) is 10.7. The molecule has 2 fully saturated rings. The average molecular weight is 610 g/mol. The van der Waals surface area contributed by atoms with Crippen LogP contribution in [0.2, 0.25) is 0 Å². The van der Waals surface area contributed by atoms with E-state index in [1.165, 1.54) is 0 Å². The first kappa shape index (κ1) is 33.8. The highest BCUT2D eigenvalue weighted by atomic mass is 19.1. The molecule has 242 valence electrons. The Morgan fingerprint density at radius 1 is 0.909 bits per heavy atom. The summed E-state index contributed by atoms with van der Waals surface area (Å²) in [6, 6.07) is 15.3. The molecular formula is C36H52FN3O4. The summed E-state index contributed by atoms with van der Waals surface area (Å²) in [6.07, 6.45) is 1.68. The predicted molar refractivity (Wildman–Crippen MR) is 172 cm³/mol. The first-order valence-electron chi connectivity index (χ1n) is 16.1. The average Bonchev–Trinajstić information content (AvgIpc) is 2.94. The Labute approximate surface area is 263 Å². The molecule has 0 saturated carbocycles. The van der Waals surface area contributed by atoms with Crippen molar-refractivity contribution in [3.8, 4) is 5.75 Å². The Morgan fingerprint density at radius 2 is 1.57 bits per heavy atom. The molecule has 0 N–H and O–H groups in total. The van der Waals surface area contributed by atoms with Crippen molar-refractivity contribution < 1.29 is 23.5 Å². The van der Waals surface area contributed by atoms with Crippen molar-refractivity contribution in [3.63, 3.8) is 0 Å². The first-order chi connectivity index (χ1) is 20.6. The van der Waals surface area contributed by atoms with Crippen LogP contribution < -0.4 is 4.74 Å². The molecule has 2 aromatic rings. The fraction of sp³-hybridized carbons (Fsp3) is 0.611. The molecule has 0 spiro atoms. The summed E-state index contributed by atoms with van der Waals surface area (Å²) in [4.78, 5) is 32.6. The summed E-state index contributed by atoms with van der Waals surface area (Å²) in [6.45, 7) is 19.2. The van der Waals surface area contributed by atoms with Gasteiger partial charge in [0, 0.05) is 45.2 Å². The smallest absolute Gasteiger partial charge is 0.410 e. The summed E-state index contributed by atoms with van der Waals surface area (Å²) in [5, 5.41) is 0. The fourth-order valence-corrected chi connectivity index (χ4v) is 6.37. The van der Waals surface area contributed by atoms with Gasteiger partial charge in [0.05, 0.1) is 12.1 Å². The van der Waals surface area contributed by atoms with E-state index in [-0.39, 0.29) is 53.1 Å². The lowest BCUT2D eigenvalue weighted by molar-refractivity contribution is -0.141. The van der Waals surface area contributed by atoms with Gasteiger partial charge >= 0.3 is 6.09 Å². The maximum absolute atomic E-state index is 15.2. The van der Waals surface area contributed by atoms with Gasteiger partial charge in [-0.2, -0.15) is 0 Å². The standard InChI is InChI=1S/C36H52FN3O4/c1-25(2)43-30-15-14-28(23-29(30)37)33(27-12-10-9-11-13-27)39-20-21-40(31(24-39)35(3,4)5)32(41)22-26-16-18-38(19-17-26)34(42)44-36(6,7)8/h9-15,23,25-26,31,33H,16-22,24H2,1-8H3/t31-,33?/m1/s1. The van der Waals surface area contributed by atoms with Crippen molar-refractivity contribution in [1.29, 1.82) is 0 Å². The van der Waals surface area contributed by atoms with E-state index in [2.05, 4.69) is 42.7 Å². The monoisotopic (exact) mass is 609 g/mol. The lowest BCUT2D eigenvalue weighted by Gasteiger charge is -2.50. The lowest BCUT2D eigenvalue weighted by atomic mass is 9.82. The van der Waals surface area contributed by atoms with Crippen molar-refractivity contribution in [2.24, 2.45) is 11.3 Å². The zero-order valence-corrected chi connectivity index (χ0v) is 27.9. The highest BCUT2D eigenvalue weighted by Gasteiger charge is 2.41. The molecular weight excluding hydrogens is 557 g/mol. The van der Waals surface area contributed by atoms with Gasteiger partial charge in [0.1, 0.15) is 5.60 Å². The largest absolute Gasteiger partial charge is 0.488 e. The minimum atomic E-state index is -0.521. The number of carbonyl (C=O) groups excluding carboxylic acids is 2. The summed E-state index contributed by atoms with van der Waals surface area (Å²) >= 11 is 0. The van der Waals surface area contributed by atoms with Crippen LogP contribution in [-0.2, 0) is 9.53 Å². The van der Waals surface area contributed by atoms with E-state index in [0.717, 1.165) is 24.0 Å². The molecule has 4 rings (SSSR count). The van der Waals surface area contributed by atoms with Gasteiger partial charge in [-0.1, -0.05) is 57.2 Å². The summed E-state index contributed by atoms with van der Waals surface area (Å²) < 4.78 is 26.4. The normalized spacial score (nSPS) is 19.6. The third kappa shape index (κ3) is 8.74. The Balaban J connectivity index is 1.48. The van der Waals surface area contributed by atoms with E-state index in [1.807, 2.05) is 58.9 Å². The number of halogens is 1. The molecule has 2 saturated heterocycles. The van der Waals surface area contributed by atoms with E-state index >= 15 is 4.39 Å². The zero-order chi connectivity index (χ0) is 32.2. The number of carbonyl (C=O) groups is 2. The second-order valence-corrected chi connectivity index (χ2v) is 14.7. The number of rotatable bonds is 7. The highest BCUT2D eigenvalue weighted by Crippen LogP contribution is 2.37. The van der Waals surface area contributed by atoms with Crippen LogP contribution >= 0.6 is 0 Å². The zero-order valence-electron chi connectivity index (χ0n) is 27.9. The van der Waals surface area contributed by atoms with Crippen LogP contribution in [0.25, 0.3) is 0 Å². The number of nitrogens with zero attached hydrogens (tertiary/aromatic N) is 3. The van der Waals surface area contributed by atoms with E-state index in [4.69, 9.17) is 9.47 Å². The molecule has 44 heavy (non-hydrogen) atoms. The van der Waals surface area contributed by atoms with Crippen LogP contribution in [0, 0.1) is 17.2 Å². The lowest BCUT2D eigenvalue weighted by Crippen LogP contribution is -2.60. The Hall–Kier alpha value is -3.13. The van der Waals surface area contributed by atoms with E-state index in [9.17, 15) is 9.59 Å². The van der Waals surface area contributed by atoms with Crippen LogP contribution in [0.1, 0.15) is 91.8 Å². The number of likely N-dealkylation sites (tertiary alicyclic amines) is 1. The van der Waals surface area contributed by atoms with Crippen LogP contribution in [-0.4, -0.2) is 77.2 Å². The van der Waals surface area contributed by atoms with E-state index in [0.29, 0.717) is 39.1 Å². The third-order valence-corrected chi connectivity index (χ3v) is 8.58. The van der Waals surface area contributed by atoms with Crippen molar-refractivity contribution in [2.45, 2.75) is 98.4 Å². The van der Waals surface area contributed by atoms with Gasteiger partial charge in [0.2, 0.25) is 5.91 Å². The molecule has 2 heterocycles. The minimum Gasteiger partial charge on any atom is -0.488 e. The first-order valence-corrected chi connectivity index (χ1v) is 16.1. The molecule has 0 aromatic heterocycles. The SMILES string of the molecule is CC(C)Oc1ccc(C(c2ccccc2)N2CCN(C(=O)CC3CCN(C(=O)OC(C)(C)C)CC3)[C@@H](C(C)(C)C)C2)cc1F. The van der Waals surface area contributed by atoms with Gasteiger partial charge < -0.3 is 19.3 Å².